The molecule has 0 spiro atoms. The first-order valence-electron chi connectivity index (χ1n) is 4.05. The van der Waals surface area contributed by atoms with E-state index in [1.165, 1.54) is 0 Å². The minimum Gasteiger partial charge on any atom is -0.494 e. The molecule has 3 nitrogen and oxygen atoms in total. The summed E-state index contributed by atoms with van der Waals surface area (Å²) < 4.78 is 16.7. The number of rotatable bonds is 1. The first-order valence-corrected chi connectivity index (χ1v) is 5.22. The van der Waals surface area contributed by atoms with Crippen LogP contribution in [0, 0.1) is 0 Å². The fraction of sp³-hybridized carbons (Fsp3) is 0.333. The molecule has 0 aliphatic carbocycles. The largest absolute Gasteiger partial charge is 0.494 e. The minimum absolute atomic E-state index is 0.503. The number of ether oxygens (including phenoxy) is 3. The lowest BCUT2D eigenvalue weighted by molar-refractivity contribution is 0.169. The Morgan fingerprint density at radius 2 is 2.14 bits per heavy atom. The van der Waals surface area contributed by atoms with Crippen LogP contribution >= 0.6 is 27.5 Å². The van der Waals surface area contributed by atoms with Crippen molar-refractivity contribution in [1.29, 1.82) is 0 Å². The molecule has 0 radical (unpaired) electrons. The molecule has 1 aromatic rings. The normalized spacial score (nSPS) is 13.9. The van der Waals surface area contributed by atoms with E-state index < -0.39 is 0 Å². The number of fused-ring (bicyclic) bond motifs is 1. The van der Waals surface area contributed by atoms with Gasteiger partial charge >= 0.3 is 0 Å². The number of benzene rings is 1. The molecule has 1 aliphatic heterocycles. The topological polar surface area (TPSA) is 27.7 Å². The van der Waals surface area contributed by atoms with Crippen molar-refractivity contribution in [2.24, 2.45) is 0 Å². The lowest BCUT2D eigenvalue weighted by Crippen LogP contribution is -2.15. The van der Waals surface area contributed by atoms with E-state index in [2.05, 4.69) is 15.9 Å². The predicted molar refractivity (Wildman–Crippen MR) is 56.7 cm³/mol. The van der Waals surface area contributed by atoms with Crippen LogP contribution in [0.1, 0.15) is 0 Å². The van der Waals surface area contributed by atoms with Gasteiger partial charge < -0.3 is 14.2 Å². The van der Waals surface area contributed by atoms with Gasteiger partial charge in [-0.05, 0) is 15.9 Å². The van der Waals surface area contributed by atoms with E-state index in [4.69, 9.17) is 25.8 Å². The molecule has 14 heavy (non-hydrogen) atoms. The van der Waals surface area contributed by atoms with Crippen LogP contribution in [-0.2, 0) is 0 Å². The van der Waals surface area contributed by atoms with Crippen LogP contribution in [-0.4, -0.2) is 20.3 Å². The van der Waals surface area contributed by atoms with Crippen molar-refractivity contribution in [2.75, 3.05) is 20.3 Å². The summed E-state index contributed by atoms with van der Waals surface area (Å²) in [6, 6.07) is 1.69. The second-order valence-electron chi connectivity index (χ2n) is 2.73. The summed E-state index contributed by atoms with van der Waals surface area (Å²) in [5.74, 6) is 1.86. The van der Waals surface area contributed by atoms with E-state index in [0.717, 1.165) is 0 Å². The Labute approximate surface area is 95.0 Å². The molecular formula is C9H8BrClO3. The first-order chi connectivity index (χ1) is 6.74. The van der Waals surface area contributed by atoms with Crippen molar-refractivity contribution in [3.63, 3.8) is 0 Å². The molecule has 0 saturated carbocycles. The third-order valence-electron chi connectivity index (χ3n) is 1.89. The number of hydrogen-bond acceptors (Lipinski definition) is 3. The molecule has 0 N–H and O–H groups in total. The van der Waals surface area contributed by atoms with E-state index in [-0.39, 0.29) is 0 Å². The lowest BCUT2D eigenvalue weighted by Gasteiger charge is -2.21. The van der Waals surface area contributed by atoms with Gasteiger partial charge in [-0.15, -0.1) is 0 Å². The SMILES string of the molecule is COc1c(Cl)cc2c(c1Br)OCCO2. The quantitative estimate of drug-likeness (QED) is 0.791. The van der Waals surface area contributed by atoms with E-state index in [1.54, 1.807) is 13.2 Å². The van der Waals surface area contributed by atoms with Gasteiger partial charge in [0.1, 0.15) is 17.7 Å². The van der Waals surface area contributed by atoms with Gasteiger partial charge in [0.2, 0.25) is 0 Å². The third kappa shape index (κ3) is 1.53. The van der Waals surface area contributed by atoms with Gasteiger partial charge in [0.25, 0.3) is 0 Å². The second-order valence-corrected chi connectivity index (χ2v) is 3.93. The van der Waals surface area contributed by atoms with Gasteiger partial charge in [-0.25, -0.2) is 0 Å². The monoisotopic (exact) mass is 278 g/mol. The summed E-state index contributed by atoms with van der Waals surface area (Å²) in [5.41, 5.74) is 0. The molecular weight excluding hydrogens is 271 g/mol. The summed E-state index contributed by atoms with van der Waals surface area (Å²) in [4.78, 5) is 0. The van der Waals surface area contributed by atoms with Gasteiger partial charge in [-0.3, -0.25) is 0 Å². The summed E-state index contributed by atoms with van der Waals surface area (Å²) in [5, 5.41) is 0.503. The average Bonchev–Trinajstić information content (AvgIpc) is 2.18. The highest BCUT2D eigenvalue weighted by atomic mass is 79.9. The van der Waals surface area contributed by atoms with Gasteiger partial charge in [-0.2, -0.15) is 0 Å². The van der Waals surface area contributed by atoms with Crippen molar-refractivity contribution in [2.45, 2.75) is 0 Å². The molecule has 0 aromatic heterocycles. The van der Waals surface area contributed by atoms with Crippen molar-refractivity contribution >= 4 is 27.5 Å². The lowest BCUT2D eigenvalue weighted by atomic mass is 10.3. The molecule has 0 bridgehead atoms. The molecule has 0 fully saturated rings. The number of halogens is 2. The Kier molecular flexibility index (Phi) is 2.74. The maximum absolute atomic E-state index is 5.98. The summed E-state index contributed by atoms with van der Waals surface area (Å²) >= 11 is 9.34. The zero-order chi connectivity index (χ0) is 10.1. The predicted octanol–water partition coefficient (Wildman–Crippen LogP) is 2.88. The van der Waals surface area contributed by atoms with Crippen LogP contribution in [0.3, 0.4) is 0 Å². The van der Waals surface area contributed by atoms with Crippen molar-refractivity contribution in [3.05, 3.63) is 15.6 Å². The molecule has 2 rings (SSSR count). The fourth-order valence-corrected chi connectivity index (χ4v) is 2.36. The maximum atomic E-state index is 5.98. The molecule has 1 aromatic carbocycles. The van der Waals surface area contributed by atoms with Crippen molar-refractivity contribution in [3.8, 4) is 17.2 Å². The van der Waals surface area contributed by atoms with Gasteiger partial charge in [0, 0.05) is 6.07 Å². The molecule has 76 valence electrons. The molecule has 0 amide bonds. The fourth-order valence-electron chi connectivity index (χ4n) is 1.29. The molecule has 1 aliphatic rings. The van der Waals surface area contributed by atoms with Crippen molar-refractivity contribution in [1.82, 2.24) is 0 Å². The van der Waals surface area contributed by atoms with E-state index >= 15 is 0 Å². The van der Waals surface area contributed by atoms with Crippen LogP contribution in [0.2, 0.25) is 5.02 Å². The Hall–Kier alpha value is -0.610. The maximum Gasteiger partial charge on any atom is 0.179 e. The van der Waals surface area contributed by atoms with Crippen LogP contribution in [0.15, 0.2) is 10.5 Å². The Morgan fingerprint density at radius 3 is 2.86 bits per heavy atom. The zero-order valence-electron chi connectivity index (χ0n) is 7.47. The number of hydrogen-bond donors (Lipinski definition) is 0. The summed E-state index contributed by atoms with van der Waals surface area (Å²) in [6.45, 7) is 1.08. The number of methoxy groups -OCH3 is 1. The average molecular weight is 280 g/mol. The van der Waals surface area contributed by atoms with Crippen LogP contribution in [0.5, 0.6) is 17.2 Å². The Balaban J connectivity index is 2.57. The van der Waals surface area contributed by atoms with E-state index in [0.29, 0.717) is 40.0 Å². The van der Waals surface area contributed by atoms with E-state index in [1.807, 2.05) is 0 Å². The molecule has 5 heteroatoms. The molecule has 1 heterocycles. The molecule has 0 unspecified atom stereocenters. The van der Waals surface area contributed by atoms with Crippen molar-refractivity contribution < 1.29 is 14.2 Å². The minimum atomic E-state index is 0.503. The second kappa shape index (κ2) is 3.87. The summed E-state index contributed by atoms with van der Waals surface area (Å²) in [6.07, 6.45) is 0. The van der Waals surface area contributed by atoms with Gasteiger partial charge in [-0.1, -0.05) is 11.6 Å². The van der Waals surface area contributed by atoms with Gasteiger partial charge in [0.05, 0.1) is 12.1 Å². The molecule has 0 atom stereocenters. The summed E-state index contributed by atoms with van der Waals surface area (Å²) in [7, 11) is 1.56. The Bertz CT molecular complexity index is 368. The highest BCUT2D eigenvalue weighted by molar-refractivity contribution is 9.10. The van der Waals surface area contributed by atoms with Gasteiger partial charge in [0.15, 0.2) is 17.2 Å². The van der Waals surface area contributed by atoms with Crippen LogP contribution in [0.25, 0.3) is 0 Å². The zero-order valence-corrected chi connectivity index (χ0v) is 9.81. The van der Waals surface area contributed by atoms with Crippen LogP contribution in [0.4, 0.5) is 0 Å². The third-order valence-corrected chi connectivity index (χ3v) is 2.89. The highest BCUT2D eigenvalue weighted by Crippen LogP contribution is 2.47. The smallest absolute Gasteiger partial charge is 0.179 e. The van der Waals surface area contributed by atoms with E-state index in [9.17, 15) is 0 Å². The Morgan fingerprint density at radius 1 is 1.43 bits per heavy atom. The standard InChI is InChI=1S/C9H8BrClO3/c1-12-8-5(11)4-6-9(7(8)10)14-3-2-13-6/h4H,2-3H2,1H3. The first kappa shape index (κ1) is 9.93. The molecule has 0 saturated heterocycles. The van der Waals surface area contributed by atoms with Crippen LogP contribution < -0.4 is 14.2 Å². The highest BCUT2D eigenvalue weighted by Gasteiger charge is 2.21.